The summed E-state index contributed by atoms with van der Waals surface area (Å²) < 4.78 is 26.3. The molecule has 4 aromatic rings. The molecule has 1 amide bonds. The van der Waals surface area contributed by atoms with Crippen LogP contribution >= 0.6 is 0 Å². The number of aromatic nitrogens is 4. The summed E-state index contributed by atoms with van der Waals surface area (Å²) in [6.45, 7) is 5.94. The molecule has 0 fully saturated rings. The summed E-state index contributed by atoms with van der Waals surface area (Å²) in [5.41, 5.74) is 3.75. The van der Waals surface area contributed by atoms with Crippen molar-refractivity contribution in [2.24, 2.45) is 0 Å². The van der Waals surface area contributed by atoms with Crippen LogP contribution < -0.4 is 14.8 Å². The van der Waals surface area contributed by atoms with E-state index in [9.17, 15) is 9.18 Å². The van der Waals surface area contributed by atoms with Crippen molar-refractivity contribution in [3.8, 4) is 23.2 Å². The molecular formula is C24H22FN5O3. The monoisotopic (exact) mass is 447 g/mol. The summed E-state index contributed by atoms with van der Waals surface area (Å²) in [5.74, 6) is 0.520. The van der Waals surface area contributed by atoms with Crippen molar-refractivity contribution in [2.75, 3.05) is 12.4 Å². The average Bonchev–Trinajstić information content (AvgIpc) is 3.07. The fourth-order valence-electron chi connectivity index (χ4n) is 3.18. The average molecular weight is 447 g/mol. The summed E-state index contributed by atoms with van der Waals surface area (Å²) in [7, 11) is 1.37. The number of rotatable bonds is 6. The largest absolute Gasteiger partial charge is 0.494 e. The molecule has 2 heterocycles. The van der Waals surface area contributed by atoms with Crippen LogP contribution in [0.4, 0.5) is 10.1 Å². The quantitative estimate of drug-likeness (QED) is 0.457. The molecular weight excluding hydrogens is 425 g/mol. The maximum atomic E-state index is 13.9. The second-order valence-corrected chi connectivity index (χ2v) is 7.35. The molecule has 9 heteroatoms. The maximum absolute atomic E-state index is 13.9. The standard InChI is InChI=1S/C24H22FN5O3/c1-14-15(2)29-30(16(14)3)22-12-23(27-13-26-22)33-19-8-6-18(7-9-19)28-24(31)17-5-10-21(32-4)20(25)11-17/h5-13H,1-4H3,(H,28,31). The lowest BCUT2D eigenvalue weighted by molar-refractivity contribution is 0.102. The Bertz CT molecular complexity index is 1320. The number of halogens is 1. The van der Waals surface area contributed by atoms with Crippen LogP contribution in [0.2, 0.25) is 0 Å². The van der Waals surface area contributed by atoms with Crippen molar-refractivity contribution < 1.29 is 18.7 Å². The Balaban J connectivity index is 1.45. The first-order valence-corrected chi connectivity index (χ1v) is 10.1. The van der Waals surface area contributed by atoms with Crippen LogP contribution in [0.25, 0.3) is 5.82 Å². The highest BCUT2D eigenvalue weighted by Crippen LogP contribution is 2.24. The smallest absolute Gasteiger partial charge is 0.255 e. The first-order valence-electron chi connectivity index (χ1n) is 10.1. The van der Waals surface area contributed by atoms with E-state index < -0.39 is 11.7 Å². The zero-order valence-corrected chi connectivity index (χ0v) is 18.6. The minimum Gasteiger partial charge on any atom is -0.494 e. The molecule has 0 radical (unpaired) electrons. The van der Waals surface area contributed by atoms with E-state index in [1.165, 1.54) is 25.6 Å². The van der Waals surface area contributed by atoms with Gasteiger partial charge in [0, 0.05) is 23.0 Å². The number of carbonyl (C=O) groups excluding carboxylic acids is 1. The van der Waals surface area contributed by atoms with E-state index in [0.717, 1.165) is 23.0 Å². The van der Waals surface area contributed by atoms with Gasteiger partial charge in [0.1, 0.15) is 12.1 Å². The van der Waals surface area contributed by atoms with Gasteiger partial charge in [-0.15, -0.1) is 0 Å². The van der Waals surface area contributed by atoms with E-state index in [1.807, 2.05) is 20.8 Å². The summed E-state index contributed by atoms with van der Waals surface area (Å²) >= 11 is 0. The fourth-order valence-corrected chi connectivity index (χ4v) is 3.18. The van der Waals surface area contributed by atoms with Crippen LogP contribution in [0.15, 0.2) is 54.9 Å². The predicted molar refractivity (Wildman–Crippen MR) is 121 cm³/mol. The van der Waals surface area contributed by atoms with Gasteiger partial charge in [0.15, 0.2) is 17.4 Å². The molecule has 0 aliphatic heterocycles. The van der Waals surface area contributed by atoms with Crippen LogP contribution in [-0.4, -0.2) is 32.8 Å². The molecule has 2 aromatic carbocycles. The summed E-state index contributed by atoms with van der Waals surface area (Å²) in [5, 5.41) is 7.23. The highest BCUT2D eigenvalue weighted by atomic mass is 19.1. The Labute approximate surface area is 190 Å². The van der Waals surface area contributed by atoms with E-state index >= 15 is 0 Å². The molecule has 0 saturated carbocycles. The number of ether oxygens (including phenoxy) is 2. The maximum Gasteiger partial charge on any atom is 0.255 e. The second kappa shape index (κ2) is 9.07. The molecule has 8 nitrogen and oxygen atoms in total. The van der Waals surface area contributed by atoms with Crippen LogP contribution in [0, 0.1) is 26.6 Å². The zero-order valence-electron chi connectivity index (χ0n) is 18.6. The number of carbonyl (C=O) groups is 1. The van der Waals surface area contributed by atoms with Gasteiger partial charge in [0.2, 0.25) is 5.88 Å². The number of nitrogens with zero attached hydrogens (tertiary/aromatic N) is 4. The van der Waals surface area contributed by atoms with Crippen molar-refractivity contribution in [3.05, 3.63) is 83.2 Å². The molecule has 33 heavy (non-hydrogen) atoms. The zero-order chi connectivity index (χ0) is 23.5. The normalized spacial score (nSPS) is 10.7. The highest BCUT2D eigenvalue weighted by molar-refractivity contribution is 6.04. The third-order valence-electron chi connectivity index (χ3n) is 5.25. The molecule has 0 aliphatic rings. The number of hydrogen-bond donors (Lipinski definition) is 1. The summed E-state index contributed by atoms with van der Waals surface area (Å²) in [6.07, 6.45) is 1.42. The van der Waals surface area contributed by atoms with E-state index in [2.05, 4.69) is 20.4 Å². The SMILES string of the molecule is COc1ccc(C(=O)Nc2ccc(Oc3cc(-n4nc(C)c(C)c4C)ncn3)cc2)cc1F. The number of hydrogen-bond acceptors (Lipinski definition) is 6. The van der Waals surface area contributed by atoms with Crippen LogP contribution in [-0.2, 0) is 0 Å². The van der Waals surface area contributed by atoms with Gasteiger partial charge in [0.25, 0.3) is 5.91 Å². The molecule has 0 aliphatic carbocycles. The number of benzene rings is 2. The van der Waals surface area contributed by atoms with Crippen molar-refractivity contribution in [1.29, 1.82) is 0 Å². The minimum atomic E-state index is -0.603. The Morgan fingerprint density at radius 2 is 1.79 bits per heavy atom. The summed E-state index contributed by atoms with van der Waals surface area (Å²) in [6, 6.07) is 12.5. The van der Waals surface area contributed by atoms with Crippen molar-refractivity contribution in [3.63, 3.8) is 0 Å². The Morgan fingerprint density at radius 1 is 1.03 bits per heavy atom. The Kier molecular flexibility index (Phi) is 6.03. The number of aryl methyl sites for hydroxylation is 1. The van der Waals surface area contributed by atoms with Crippen molar-refractivity contribution >= 4 is 11.6 Å². The Hall–Kier alpha value is -4.27. The van der Waals surface area contributed by atoms with Gasteiger partial charge in [-0.3, -0.25) is 4.79 Å². The number of nitrogens with one attached hydrogen (secondary N) is 1. The van der Waals surface area contributed by atoms with Crippen LogP contribution in [0.1, 0.15) is 27.3 Å². The highest BCUT2D eigenvalue weighted by Gasteiger charge is 2.13. The van der Waals surface area contributed by atoms with Gasteiger partial charge in [0.05, 0.1) is 12.8 Å². The van der Waals surface area contributed by atoms with Crippen LogP contribution in [0.5, 0.6) is 17.4 Å². The molecule has 1 N–H and O–H groups in total. The molecule has 0 bridgehead atoms. The lowest BCUT2D eigenvalue weighted by Gasteiger charge is -2.09. The van der Waals surface area contributed by atoms with Gasteiger partial charge < -0.3 is 14.8 Å². The van der Waals surface area contributed by atoms with Crippen molar-refractivity contribution in [2.45, 2.75) is 20.8 Å². The fraction of sp³-hybridized carbons (Fsp3) is 0.167. The predicted octanol–water partition coefficient (Wildman–Crippen LogP) is 4.78. The van der Waals surface area contributed by atoms with E-state index in [0.29, 0.717) is 23.1 Å². The topological polar surface area (TPSA) is 91.2 Å². The van der Waals surface area contributed by atoms with E-state index in [4.69, 9.17) is 9.47 Å². The number of amides is 1. The first kappa shape index (κ1) is 21.9. The molecule has 4 rings (SSSR count). The van der Waals surface area contributed by atoms with Crippen LogP contribution in [0.3, 0.4) is 0 Å². The summed E-state index contributed by atoms with van der Waals surface area (Å²) in [4.78, 5) is 20.8. The Morgan fingerprint density at radius 3 is 2.42 bits per heavy atom. The van der Waals surface area contributed by atoms with Gasteiger partial charge in [-0.1, -0.05) is 0 Å². The third kappa shape index (κ3) is 4.67. The van der Waals surface area contributed by atoms with E-state index in [1.54, 1.807) is 35.0 Å². The molecule has 0 atom stereocenters. The molecule has 0 unspecified atom stereocenters. The minimum absolute atomic E-state index is 0.0777. The third-order valence-corrected chi connectivity index (χ3v) is 5.25. The lowest BCUT2D eigenvalue weighted by Crippen LogP contribution is -2.12. The number of methoxy groups -OCH3 is 1. The first-order chi connectivity index (χ1) is 15.9. The van der Waals surface area contributed by atoms with Gasteiger partial charge in [-0.05, 0) is 68.8 Å². The van der Waals surface area contributed by atoms with Crippen molar-refractivity contribution in [1.82, 2.24) is 19.7 Å². The molecule has 0 spiro atoms. The van der Waals surface area contributed by atoms with E-state index in [-0.39, 0.29) is 11.3 Å². The van der Waals surface area contributed by atoms with Gasteiger partial charge in [-0.2, -0.15) is 5.10 Å². The lowest BCUT2D eigenvalue weighted by atomic mass is 10.2. The number of anilines is 1. The second-order valence-electron chi connectivity index (χ2n) is 7.35. The molecule has 0 saturated heterocycles. The molecule has 168 valence electrons. The molecule has 2 aromatic heterocycles. The van der Waals surface area contributed by atoms with Gasteiger partial charge in [-0.25, -0.2) is 19.0 Å². The van der Waals surface area contributed by atoms with Gasteiger partial charge >= 0.3 is 0 Å².